The number of hydrogen-bond donors (Lipinski definition) is 1. The third-order valence-corrected chi connectivity index (χ3v) is 6.85. The van der Waals surface area contributed by atoms with Crippen molar-refractivity contribution in [1.82, 2.24) is 0 Å². The van der Waals surface area contributed by atoms with Crippen LogP contribution in [-0.2, 0) is 0 Å². The van der Waals surface area contributed by atoms with Gasteiger partial charge in [0, 0.05) is 52.8 Å². The number of aliphatic hydroxyl groups excluding tert-OH is 1. The minimum absolute atomic E-state index is 0.137. The fraction of sp³-hybridized carbons (Fsp3) is 0.143. The van der Waals surface area contributed by atoms with Gasteiger partial charge in [-0.05, 0) is 55.0 Å². The van der Waals surface area contributed by atoms with Crippen molar-refractivity contribution < 1.29 is 9.84 Å². The van der Waals surface area contributed by atoms with E-state index in [1.165, 1.54) is 39.4 Å². The van der Waals surface area contributed by atoms with Crippen molar-refractivity contribution in [3.8, 4) is 11.5 Å². The predicted octanol–water partition coefficient (Wildman–Crippen LogP) is 6.59. The van der Waals surface area contributed by atoms with Crippen LogP contribution in [0.5, 0.6) is 11.5 Å². The second kappa shape index (κ2) is 6.62. The van der Waals surface area contributed by atoms with Crippen LogP contribution in [-0.4, -0.2) is 18.3 Å². The highest BCUT2D eigenvalue weighted by atomic mass is 16.5. The molecule has 0 saturated carbocycles. The van der Waals surface area contributed by atoms with E-state index in [0.717, 1.165) is 23.7 Å². The van der Waals surface area contributed by atoms with Crippen LogP contribution in [0.3, 0.4) is 0 Å². The van der Waals surface area contributed by atoms with Crippen LogP contribution in [0.1, 0.15) is 29.0 Å². The van der Waals surface area contributed by atoms with E-state index < -0.39 is 0 Å². The topological polar surface area (TPSA) is 35.9 Å². The van der Waals surface area contributed by atoms with Gasteiger partial charge in [0.15, 0.2) is 0 Å². The van der Waals surface area contributed by atoms with Crippen LogP contribution in [0.4, 0.5) is 28.4 Å². The van der Waals surface area contributed by atoms with Crippen LogP contribution in [0.2, 0.25) is 0 Å². The number of para-hydroxylation sites is 1. The van der Waals surface area contributed by atoms with Gasteiger partial charge in [-0.15, -0.1) is 0 Å². The summed E-state index contributed by atoms with van der Waals surface area (Å²) in [6, 6.07) is 29.9. The molecule has 1 atom stereocenters. The largest absolute Gasteiger partial charge is 0.457 e. The molecule has 4 heteroatoms. The SMILES string of the molecule is OCCCN1c2cccc3c2C2c4c(cccc4N(c4ccccc4)c4cccc1c42)O3. The molecule has 156 valence electrons. The molecule has 7 rings (SSSR count). The number of nitrogens with zero attached hydrogens (tertiary/aromatic N) is 2. The van der Waals surface area contributed by atoms with Gasteiger partial charge in [-0.2, -0.15) is 0 Å². The van der Waals surface area contributed by atoms with Gasteiger partial charge in [-0.3, -0.25) is 0 Å². The van der Waals surface area contributed by atoms with Crippen LogP contribution in [0, 0.1) is 0 Å². The maximum absolute atomic E-state index is 9.58. The second-order valence-corrected chi connectivity index (χ2v) is 8.52. The molecule has 0 fully saturated rings. The molecule has 4 aromatic rings. The molecule has 3 aliphatic heterocycles. The van der Waals surface area contributed by atoms with Crippen LogP contribution < -0.4 is 14.5 Å². The van der Waals surface area contributed by atoms with Gasteiger partial charge >= 0.3 is 0 Å². The van der Waals surface area contributed by atoms with E-state index in [4.69, 9.17) is 4.74 Å². The fourth-order valence-electron chi connectivity index (χ4n) is 5.66. The standard InChI is InChI=1S/C28H22N2O2/c31-17-7-16-29-19-10-4-12-21-25(19)28-26-20(29)11-5-14-23(26)32-24-15-6-13-22(27(24)28)30(21)18-8-2-1-3-9-18/h1-6,8-15,28,31H,7,16-17H2. The molecular formula is C28H22N2O2. The molecule has 0 aliphatic carbocycles. The van der Waals surface area contributed by atoms with Crippen molar-refractivity contribution in [2.24, 2.45) is 0 Å². The summed E-state index contributed by atoms with van der Waals surface area (Å²) in [5, 5.41) is 9.58. The van der Waals surface area contributed by atoms with Crippen LogP contribution in [0.15, 0.2) is 84.9 Å². The van der Waals surface area contributed by atoms with Crippen molar-refractivity contribution >= 4 is 28.4 Å². The number of benzene rings is 4. The Kier molecular flexibility index (Phi) is 3.70. The minimum Gasteiger partial charge on any atom is -0.457 e. The Hall–Kier alpha value is -3.76. The van der Waals surface area contributed by atoms with Crippen molar-refractivity contribution in [2.45, 2.75) is 12.3 Å². The summed E-state index contributed by atoms with van der Waals surface area (Å²) in [5.41, 5.74) is 9.70. The van der Waals surface area contributed by atoms with Gasteiger partial charge in [-0.1, -0.05) is 36.4 Å². The molecule has 1 unspecified atom stereocenters. The monoisotopic (exact) mass is 418 g/mol. The van der Waals surface area contributed by atoms with Crippen molar-refractivity contribution in [2.75, 3.05) is 23.0 Å². The maximum atomic E-state index is 9.58. The van der Waals surface area contributed by atoms with Crippen LogP contribution >= 0.6 is 0 Å². The average Bonchev–Trinajstić information content (AvgIpc) is 2.84. The lowest BCUT2D eigenvalue weighted by atomic mass is 9.74. The van der Waals surface area contributed by atoms with Gasteiger partial charge in [0.1, 0.15) is 11.5 Å². The molecule has 0 radical (unpaired) electrons. The number of anilines is 5. The normalized spacial score (nSPS) is 16.5. The smallest absolute Gasteiger partial charge is 0.133 e. The molecule has 0 aromatic heterocycles. The summed E-state index contributed by atoms with van der Waals surface area (Å²) in [4.78, 5) is 4.72. The summed E-state index contributed by atoms with van der Waals surface area (Å²) in [6.45, 7) is 0.930. The summed E-state index contributed by atoms with van der Waals surface area (Å²) >= 11 is 0. The van der Waals surface area contributed by atoms with Gasteiger partial charge < -0.3 is 19.6 Å². The first-order valence-corrected chi connectivity index (χ1v) is 11.2. The van der Waals surface area contributed by atoms with Gasteiger partial charge in [0.2, 0.25) is 0 Å². The first kappa shape index (κ1) is 17.9. The van der Waals surface area contributed by atoms with Crippen molar-refractivity contribution in [1.29, 1.82) is 0 Å². The lowest BCUT2D eigenvalue weighted by Gasteiger charge is -2.47. The Balaban J connectivity index is 1.58. The first-order valence-electron chi connectivity index (χ1n) is 11.2. The Labute approximate surface area is 186 Å². The third-order valence-electron chi connectivity index (χ3n) is 6.85. The molecule has 0 bridgehead atoms. The summed E-state index contributed by atoms with van der Waals surface area (Å²) in [6.07, 6.45) is 0.711. The molecule has 0 saturated heterocycles. The molecule has 1 N–H and O–H groups in total. The van der Waals surface area contributed by atoms with E-state index in [1.807, 2.05) is 0 Å². The van der Waals surface area contributed by atoms with E-state index >= 15 is 0 Å². The average molecular weight is 418 g/mol. The van der Waals surface area contributed by atoms with Gasteiger partial charge in [0.05, 0.1) is 11.4 Å². The van der Waals surface area contributed by atoms with Gasteiger partial charge in [0.25, 0.3) is 0 Å². The zero-order chi connectivity index (χ0) is 21.2. The van der Waals surface area contributed by atoms with E-state index in [0.29, 0.717) is 6.42 Å². The van der Waals surface area contributed by atoms with Gasteiger partial charge in [-0.25, -0.2) is 0 Å². The zero-order valence-electron chi connectivity index (χ0n) is 17.5. The summed E-state index contributed by atoms with van der Waals surface area (Å²) < 4.78 is 6.48. The fourth-order valence-corrected chi connectivity index (χ4v) is 5.66. The quantitative estimate of drug-likeness (QED) is 0.350. The van der Waals surface area contributed by atoms with Crippen LogP contribution in [0.25, 0.3) is 0 Å². The lowest BCUT2D eigenvalue weighted by Crippen LogP contribution is -2.33. The Morgan fingerprint density at radius 1 is 0.656 bits per heavy atom. The number of aliphatic hydroxyl groups is 1. The molecule has 0 spiro atoms. The molecule has 4 nitrogen and oxygen atoms in total. The third kappa shape index (κ3) is 2.25. The predicted molar refractivity (Wildman–Crippen MR) is 127 cm³/mol. The van der Waals surface area contributed by atoms with E-state index in [9.17, 15) is 5.11 Å². The number of ether oxygens (including phenoxy) is 1. The van der Waals surface area contributed by atoms with E-state index in [-0.39, 0.29) is 12.5 Å². The molecule has 4 aromatic carbocycles. The Morgan fingerprint density at radius 2 is 1.25 bits per heavy atom. The highest BCUT2D eigenvalue weighted by molar-refractivity contribution is 5.95. The molecule has 3 heterocycles. The highest BCUT2D eigenvalue weighted by Gasteiger charge is 2.45. The molecule has 0 amide bonds. The van der Waals surface area contributed by atoms with E-state index in [1.54, 1.807) is 0 Å². The lowest BCUT2D eigenvalue weighted by molar-refractivity contribution is 0.290. The first-order chi connectivity index (χ1) is 15.9. The Morgan fingerprint density at radius 3 is 1.97 bits per heavy atom. The maximum Gasteiger partial charge on any atom is 0.133 e. The second-order valence-electron chi connectivity index (χ2n) is 8.52. The van der Waals surface area contributed by atoms with Crippen molar-refractivity contribution in [3.63, 3.8) is 0 Å². The molecule has 32 heavy (non-hydrogen) atoms. The minimum atomic E-state index is 0.137. The summed E-state index contributed by atoms with van der Waals surface area (Å²) in [7, 11) is 0. The van der Waals surface area contributed by atoms with Crippen molar-refractivity contribution in [3.05, 3.63) is 102 Å². The number of rotatable bonds is 4. The Bertz CT molecular complexity index is 1370. The zero-order valence-corrected chi connectivity index (χ0v) is 17.5. The highest BCUT2D eigenvalue weighted by Crippen LogP contribution is 2.64. The number of hydrogen-bond acceptors (Lipinski definition) is 4. The molecule has 3 aliphatic rings. The summed E-state index contributed by atoms with van der Waals surface area (Å²) in [5.74, 6) is 2.00. The molecular weight excluding hydrogens is 396 g/mol. The van der Waals surface area contributed by atoms with E-state index in [2.05, 4.69) is 94.7 Å².